The zero-order chi connectivity index (χ0) is 20.4. The molecule has 3 aromatic rings. The van der Waals surface area contributed by atoms with Crippen molar-refractivity contribution in [2.75, 3.05) is 0 Å². The summed E-state index contributed by atoms with van der Waals surface area (Å²) < 4.78 is 0. The summed E-state index contributed by atoms with van der Waals surface area (Å²) in [6.07, 6.45) is 0. The molecule has 29 heavy (non-hydrogen) atoms. The molecular weight excluding hydrogens is 370 g/mol. The summed E-state index contributed by atoms with van der Waals surface area (Å²) in [5.74, 6) is 0.195. The first-order valence-corrected chi connectivity index (χ1v) is 13.6. The molecule has 1 saturated heterocycles. The van der Waals surface area contributed by atoms with E-state index in [4.69, 9.17) is 0 Å². The van der Waals surface area contributed by atoms with Gasteiger partial charge in [-0.05, 0) is 22.2 Å². The van der Waals surface area contributed by atoms with Crippen molar-refractivity contribution >= 4 is 14.0 Å². The van der Waals surface area contributed by atoms with E-state index in [1.165, 1.54) is 16.7 Å². The Labute approximate surface area is 175 Å². The quantitative estimate of drug-likeness (QED) is 0.528. The van der Waals surface area contributed by atoms with E-state index in [9.17, 15) is 4.79 Å². The Kier molecular flexibility index (Phi) is 5.42. The fourth-order valence-electron chi connectivity index (χ4n) is 5.39. The van der Waals surface area contributed by atoms with Crippen LogP contribution >= 0.6 is 0 Å². The first kappa shape index (κ1) is 19.7. The van der Waals surface area contributed by atoms with E-state index in [2.05, 4.69) is 110 Å². The molecule has 1 amide bonds. The van der Waals surface area contributed by atoms with Crippen LogP contribution in [0.2, 0.25) is 18.6 Å². The van der Waals surface area contributed by atoms with E-state index in [1.807, 2.05) is 6.07 Å². The molecule has 0 radical (unpaired) electrons. The van der Waals surface area contributed by atoms with Crippen LogP contribution in [0.15, 0.2) is 91.0 Å². The predicted molar refractivity (Wildman–Crippen MR) is 122 cm³/mol. The van der Waals surface area contributed by atoms with E-state index in [-0.39, 0.29) is 17.9 Å². The number of carbonyl (C=O) groups excluding carboxylic acids is 1. The van der Waals surface area contributed by atoms with Crippen LogP contribution in [0.1, 0.15) is 35.2 Å². The first-order valence-electron chi connectivity index (χ1n) is 10.5. The van der Waals surface area contributed by atoms with Gasteiger partial charge in [0.25, 0.3) is 0 Å². The summed E-state index contributed by atoms with van der Waals surface area (Å²) in [6, 6.07) is 32.2. The Hall–Kier alpha value is -2.65. The van der Waals surface area contributed by atoms with Gasteiger partial charge in [0.05, 0.1) is 14.1 Å². The molecule has 1 aliphatic heterocycles. The first-order chi connectivity index (χ1) is 14.0. The number of amides is 1. The van der Waals surface area contributed by atoms with Crippen LogP contribution in [0.25, 0.3) is 0 Å². The fourth-order valence-corrected chi connectivity index (χ4v) is 10.4. The summed E-state index contributed by atoms with van der Waals surface area (Å²) in [5.41, 5.74) is 4.57. The molecular formula is C26H29NOSi. The lowest BCUT2D eigenvalue weighted by atomic mass is 10.00. The zero-order valence-corrected chi connectivity index (χ0v) is 18.4. The topological polar surface area (TPSA) is 29.1 Å². The van der Waals surface area contributed by atoms with Crippen LogP contribution in [0.4, 0.5) is 0 Å². The molecule has 3 atom stereocenters. The summed E-state index contributed by atoms with van der Waals surface area (Å²) in [5, 5.41) is 3.33. The minimum absolute atomic E-state index is 0.0109. The van der Waals surface area contributed by atoms with E-state index in [0.717, 1.165) is 0 Å². The largest absolute Gasteiger partial charge is 0.349 e. The third kappa shape index (κ3) is 3.67. The number of benzene rings is 3. The molecule has 148 valence electrons. The standard InChI is InChI=1S/C26H29NOSi/c1-19-24(23(27-26(19)28)20-13-7-4-8-14-20)29(2,3)25(21-15-9-5-10-16-21)22-17-11-6-12-18-22/h4-19,23-25H,1-3H3,(H,27,28)/t19-,23+,24-/m1/s1. The molecule has 1 N–H and O–H groups in total. The van der Waals surface area contributed by atoms with Crippen molar-refractivity contribution in [1.29, 1.82) is 0 Å². The van der Waals surface area contributed by atoms with Crippen molar-refractivity contribution in [2.45, 2.75) is 37.1 Å². The summed E-state index contributed by atoms with van der Waals surface area (Å²) in [4.78, 5) is 12.8. The molecule has 3 aromatic carbocycles. The molecule has 0 bridgehead atoms. The molecule has 2 nitrogen and oxygen atoms in total. The smallest absolute Gasteiger partial charge is 0.223 e. The predicted octanol–water partition coefficient (Wildman–Crippen LogP) is 5.94. The van der Waals surface area contributed by atoms with Crippen molar-refractivity contribution in [3.63, 3.8) is 0 Å². The van der Waals surface area contributed by atoms with Crippen LogP contribution in [0, 0.1) is 5.92 Å². The molecule has 0 aliphatic carbocycles. The Morgan fingerprint density at radius 3 is 1.69 bits per heavy atom. The normalized spacial score (nSPS) is 21.9. The lowest BCUT2D eigenvalue weighted by Gasteiger charge is -2.42. The Bertz CT molecular complexity index is 916. The third-order valence-electron chi connectivity index (χ3n) is 6.64. The number of carbonyl (C=O) groups is 1. The SMILES string of the molecule is C[C@H]1C(=O)N[C@@H](c2ccccc2)[C@@H]1[Si](C)(C)C(c1ccccc1)c1ccccc1. The van der Waals surface area contributed by atoms with Crippen LogP contribution in [-0.4, -0.2) is 14.0 Å². The van der Waals surface area contributed by atoms with Crippen molar-refractivity contribution in [3.05, 3.63) is 108 Å². The molecule has 3 heteroatoms. The maximum atomic E-state index is 12.8. The van der Waals surface area contributed by atoms with Gasteiger partial charge in [0.15, 0.2) is 0 Å². The molecule has 0 saturated carbocycles. The molecule has 0 aromatic heterocycles. The second-order valence-electron chi connectivity index (χ2n) is 8.79. The van der Waals surface area contributed by atoms with Gasteiger partial charge >= 0.3 is 0 Å². The van der Waals surface area contributed by atoms with E-state index in [1.54, 1.807) is 0 Å². The molecule has 1 aliphatic rings. The van der Waals surface area contributed by atoms with Crippen LogP contribution in [-0.2, 0) is 4.79 Å². The Morgan fingerprint density at radius 2 is 1.21 bits per heavy atom. The van der Waals surface area contributed by atoms with Crippen LogP contribution in [0.5, 0.6) is 0 Å². The van der Waals surface area contributed by atoms with Crippen LogP contribution in [0.3, 0.4) is 0 Å². The minimum Gasteiger partial charge on any atom is -0.349 e. The van der Waals surface area contributed by atoms with E-state index >= 15 is 0 Å². The highest BCUT2D eigenvalue weighted by Gasteiger charge is 2.52. The lowest BCUT2D eigenvalue weighted by molar-refractivity contribution is -0.122. The van der Waals surface area contributed by atoms with Gasteiger partial charge in [-0.15, -0.1) is 0 Å². The van der Waals surface area contributed by atoms with Crippen LogP contribution < -0.4 is 5.32 Å². The Morgan fingerprint density at radius 1 is 0.759 bits per heavy atom. The van der Waals surface area contributed by atoms with Gasteiger partial charge in [-0.2, -0.15) is 0 Å². The second kappa shape index (κ2) is 8.00. The van der Waals surface area contributed by atoms with E-state index in [0.29, 0.717) is 11.1 Å². The van der Waals surface area contributed by atoms with Gasteiger partial charge in [-0.25, -0.2) is 0 Å². The summed E-state index contributed by atoms with van der Waals surface area (Å²) >= 11 is 0. The fraction of sp³-hybridized carbons (Fsp3) is 0.269. The van der Waals surface area contributed by atoms with Gasteiger partial charge in [0.1, 0.15) is 0 Å². The van der Waals surface area contributed by atoms with Gasteiger partial charge in [0.2, 0.25) is 5.91 Å². The minimum atomic E-state index is -2.02. The number of hydrogen-bond acceptors (Lipinski definition) is 1. The van der Waals surface area contributed by atoms with Gasteiger partial charge in [-0.3, -0.25) is 4.79 Å². The number of hydrogen-bond donors (Lipinski definition) is 1. The highest BCUT2D eigenvalue weighted by atomic mass is 28.3. The second-order valence-corrected chi connectivity index (χ2v) is 13.7. The molecule has 1 heterocycles. The zero-order valence-electron chi connectivity index (χ0n) is 17.4. The average molecular weight is 400 g/mol. The van der Waals surface area contributed by atoms with Gasteiger partial charge in [-0.1, -0.05) is 111 Å². The number of nitrogens with one attached hydrogen (secondary N) is 1. The highest BCUT2D eigenvalue weighted by Crippen LogP contribution is 2.52. The maximum absolute atomic E-state index is 12.8. The van der Waals surface area contributed by atoms with E-state index < -0.39 is 8.07 Å². The molecule has 4 rings (SSSR count). The third-order valence-corrected chi connectivity index (χ3v) is 11.3. The molecule has 0 unspecified atom stereocenters. The summed E-state index contributed by atoms with van der Waals surface area (Å²) in [6.45, 7) is 7.05. The Balaban J connectivity index is 1.83. The molecule has 1 fully saturated rings. The van der Waals surface area contributed by atoms with Crippen molar-refractivity contribution < 1.29 is 4.79 Å². The van der Waals surface area contributed by atoms with Crippen molar-refractivity contribution in [1.82, 2.24) is 5.32 Å². The number of rotatable bonds is 5. The monoisotopic (exact) mass is 399 g/mol. The average Bonchev–Trinajstić information content (AvgIpc) is 3.05. The lowest BCUT2D eigenvalue weighted by Crippen LogP contribution is -2.44. The highest BCUT2D eigenvalue weighted by molar-refractivity contribution is 6.81. The van der Waals surface area contributed by atoms with Gasteiger partial charge in [0, 0.05) is 11.5 Å². The summed E-state index contributed by atoms with van der Waals surface area (Å²) in [7, 11) is -2.02. The van der Waals surface area contributed by atoms with Crippen molar-refractivity contribution in [3.8, 4) is 0 Å². The van der Waals surface area contributed by atoms with Crippen molar-refractivity contribution in [2.24, 2.45) is 5.92 Å². The van der Waals surface area contributed by atoms with Gasteiger partial charge < -0.3 is 5.32 Å². The maximum Gasteiger partial charge on any atom is 0.223 e. The molecule has 0 spiro atoms.